The standard InChI is InChI=1S/C6H9N3O2/c1-10-3-5-7-4-8-6(9-5)11-2/h4H,3H2,1-2H3. The van der Waals surface area contributed by atoms with Crippen LogP contribution in [0.4, 0.5) is 0 Å². The molecule has 1 rings (SSSR count). The summed E-state index contributed by atoms with van der Waals surface area (Å²) in [6, 6.07) is 0.312. The Labute approximate surface area is 64.4 Å². The summed E-state index contributed by atoms with van der Waals surface area (Å²) in [5.41, 5.74) is 0. The van der Waals surface area contributed by atoms with Crippen LogP contribution in [0.15, 0.2) is 6.33 Å². The first-order valence-electron chi connectivity index (χ1n) is 3.07. The second-order valence-electron chi connectivity index (χ2n) is 1.82. The van der Waals surface area contributed by atoms with E-state index < -0.39 is 0 Å². The lowest BCUT2D eigenvalue weighted by molar-refractivity contribution is 0.176. The van der Waals surface area contributed by atoms with Gasteiger partial charge in [0.25, 0.3) is 0 Å². The fourth-order valence-electron chi connectivity index (χ4n) is 0.610. The van der Waals surface area contributed by atoms with Gasteiger partial charge in [-0.05, 0) is 0 Å². The molecule has 0 saturated heterocycles. The first-order chi connectivity index (χ1) is 5.36. The van der Waals surface area contributed by atoms with E-state index in [0.717, 1.165) is 0 Å². The van der Waals surface area contributed by atoms with Crippen LogP contribution in [-0.4, -0.2) is 29.2 Å². The van der Waals surface area contributed by atoms with E-state index in [0.29, 0.717) is 18.4 Å². The number of ether oxygens (including phenoxy) is 2. The van der Waals surface area contributed by atoms with E-state index in [-0.39, 0.29) is 0 Å². The maximum Gasteiger partial charge on any atom is 0.319 e. The molecule has 60 valence electrons. The molecule has 0 saturated carbocycles. The first-order valence-corrected chi connectivity index (χ1v) is 3.07. The highest BCUT2D eigenvalue weighted by Crippen LogP contribution is 1.98. The van der Waals surface area contributed by atoms with E-state index in [2.05, 4.69) is 15.0 Å². The van der Waals surface area contributed by atoms with E-state index >= 15 is 0 Å². The summed E-state index contributed by atoms with van der Waals surface area (Å²) >= 11 is 0. The largest absolute Gasteiger partial charge is 0.467 e. The molecule has 0 aliphatic heterocycles. The van der Waals surface area contributed by atoms with Crippen molar-refractivity contribution in [3.8, 4) is 6.01 Å². The predicted molar refractivity (Wildman–Crippen MR) is 37.1 cm³/mol. The highest BCUT2D eigenvalue weighted by Gasteiger charge is 1.97. The van der Waals surface area contributed by atoms with Crippen molar-refractivity contribution < 1.29 is 9.47 Å². The van der Waals surface area contributed by atoms with Crippen LogP contribution in [0.5, 0.6) is 6.01 Å². The van der Waals surface area contributed by atoms with Crippen molar-refractivity contribution in [3.63, 3.8) is 0 Å². The highest BCUT2D eigenvalue weighted by atomic mass is 16.5. The fraction of sp³-hybridized carbons (Fsp3) is 0.500. The second kappa shape index (κ2) is 3.82. The number of hydrogen-bond acceptors (Lipinski definition) is 5. The van der Waals surface area contributed by atoms with Crippen LogP contribution in [0.1, 0.15) is 5.82 Å². The molecular weight excluding hydrogens is 146 g/mol. The quantitative estimate of drug-likeness (QED) is 0.616. The highest BCUT2D eigenvalue weighted by molar-refractivity contribution is 4.93. The van der Waals surface area contributed by atoms with Gasteiger partial charge in [0, 0.05) is 7.11 Å². The topological polar surface area (TPSA) is 57.1 Å². The number of hydrogen-bond donors (Lipinski definition) is 0. The van der Waals surface area contributed by atoms with Gasteiger partial charge in [-0.2, -0.15) is 9.97 Å². The average Bonchev–Trinajstić information content (AvgIpc) is 2.06. The molecule has 0 aromatic carbocycles. The molecule has 0 spiro atoms. The minimum atomic E-state index is 0.312. The van der Waals surface area contributed by atoms with Crippen molar-refractivity contribution in [3.05, 3.63) is 12.2 Å². The van der Waals surface area contributed by atoms with E-state index in [4.69, 9.17) is 9.47 Å². The molecule has 0 unspecified atom stereocenters. The van der Waals surface area contributed by atoms with E-state index in [9.17, 15) is 0 Å². The van der Waals surface area contributed by atoms with Crippen molar-refractivity contribution in [1.82, 2.24) is 15.0 Å². The van der Waals surface area contributed by atoms with Gasteiger partial charge < -0.3 is 9.47 Å². The third-order valence-electron chi connectivity index (χ3n) is 1.06. The third-order valence-corrected chi connectivity index (χ3v) is 1.06. The smallest absolute Gasteiger partial charge is 0.319 e. The number of methoxy groups -OCH3 is 2. The Hall–Kier alpha value is -1.23. The molecule has 0 N–H and O–H groups in total. The van der Waals surface area contributed by atoms with Crippen LogP contribution < -0.4 is 4.74 Å². The van der Waals surface area contributed by atoms with Gasteiger partial charge in [-0.3, -0.25) is 0 Å². The molecule has 1 aromatic heterocycles. The zero-order valence-corrected chi connectivity index (χ0v) is 6.44. The molecule has 0 fully saturated rings. The average molecular weight is 155 g/mol. The lowest BCUT2D eigenvalue weighted by atomic mass is 10.6. The van der Waals surface area contributed by atoms with Gasteiger partial charge in [0.2, 0.25) is 0 Å². The third kappa shape index (κ3) is 2.12. The SMILES string of the molecule is COCc1ncnc(OC)n1. The van der Waals surface area contributed by atoms with Crippen LogP contribution in [0.3, 0.4) is 0 Å². The summed E-state index contributed by atoms with van der Waals surface area (Å²) in [6.07, 6.45) is 1.39. The molecular formula is C6H9N3O2. The summed E-state index contributed by atoms with van der Waals surface area (Å²) in [4.78, 5) is 11.5. The van der Waals surface area contributed by atoms with Crippen molar-refractivity contribution in [2.45, 2.75) is 6.61 Å². The Kier molecular flexibility index (Phi) is 2.74. The minimum Gasteiger partial charge on any atom is -0.467 e. The second-order valence-corrected chi connectivity index (χ2v) is 1.82. The molecule has 0 atom stereocenters. The Bertz CT molecular complexity index is 229. The first kappa shape index (κ1) is 7.87. The van der Waals surface area contributed by atoms with Gasteiger partial charge in [0.15, 0.2) is 5.82 Å². The molecule has 5 heteroatoms. The predicted octanol–water partition coefficient (Wildman–Crippen LogP) is 0.0266. The van der Waals surface area contributed by atoms with Gasteiger partial charge in [-0.15, -0.1) is 0 Å². The molecule has 0 aliphatic carbocycles. The van der Waals surface area contributed by atoms with Gasteiger partial charge in [0.05, 0.1) is 7.11 Å². The van der Waals surface area contributed by atoms with Crippen molar-refractivity contribution in [1.29, 1.82) is 0 Å². The Balaban J connectivity index is 2.74. The molecule has 1 heterocycles. The van der Waals surface area contributed by atoms with Crippen LogP contribution in [0.2, 0.25) is 0 Å². The lowest BCUT2D eigenvalue weighted by Crippen LogP contribution is -2.00. The summed E-state index contributed by atoms with van der Waals surface area (Å²) in [7, 11) is 3.09. The van der Waals surface area contributed by atoms with Gasteiger partial charge in [-0.25, -0.2) is 4.98 Å². The Morgan fingerprint density at radius 2 is 2.18 bits per heavy atom. The van der Waals surface area contributed by atoms with Crippen LogP contribution in [0, 0.1) is 0 Å². The Morgan fingerprint density at radius 3 is 2.82 bits per heavy atom. The number of rotatable bonds is 3. The van der Waals surface area contributed by atoms with Gasteiger partial charge in [0.1, 0.15) is 12.9 Å². The summed E-state index contributed by atoms with van der Waals surface area (Å²) in [6.45, 7) is 0.374. The maximum absolute atomic E-state index is 4.82. The summed E-state index contributed by atoms with van der Waals surface area (Å²) in [5, 5.41) is 0. The van der Waals surface area contributed by atoms with E-state index in [1.54, 1.807) is 7.11 Å². The van der Waals surface area contributed by atoms with Crippen molar-refractivity contribution >= 4 is 0 Å². The minimum absolute atomic E-state index is 0.312. The van der Waals surface area contributed by atoms with E-state index in [1.165, 1.54) is 13.4 Å². The van der Waals surface area contributed by atoms with Crippen LogP contribution in [-0.2, 0) is 11.3 Å². The molecule has 5 nitrogen and oxygen atoms in total. The summed E-state index contributed by atoms with van der Waals surface area (Å²) < 4.78 is 9.60. The molecule has 0 radical (unpaired) electrons. The van der Waals surface area contributed by atoms with Gasteiger partial charge in [-0.1, -0.05) is 0 Å². The summed E-state index contributed by atoms with van der Waals surface area (Å²) in [5.74, 6) is 0.569. The number of aromatic nitrogens is 3. The lowest BCUT2D eigenvalue weighted by Gasteiger charge is -1.98. The molecule has 1 aromatic rings. The molecule has 0 bridgehead atoms. The number of nitrogens with zero attached hydrogens (tertiary/aromatic N) is 3. The maximum atomic E-state index is 4.82. The van der Waals surface area contributed by atoms with Crippen LogP contribution >= 0.6 is 0 Å². The van der Waals surface area contributed by atoms with Gasteiger partial charge >= 0.3 is 6.01 Å². The molecule has 0 amide bonds. The molecule has 11 heavy (non-hydrogen) atoms. The van der Waals surface area contributed by atoms with Crippen molar-refractivity contribution in [2.24, 2.45) is 0 Å². The monoisotopic (exact) mass is 155 g/mol. The Morgan fingerprint density at radius 1 is 1.36 bits per heavy atom. The zero-order chi connectivity index (χ0) is 8.10. The molecule has 0 aliphatic rings. The van der Waals surface area contributed by atoms with Crippen LogP contribution in [0.25, 0.3) is 0 Å². The normalized spacial score (nSPS) is 9.64. The zero-order valence-electron chi connectivity index (χ0n) is 6.44. The van der Waals surface area contributed by atoms with Crippen molar-refractivity contribution in [2.75, 3.05) is 14.2 Å². The fourth-order valence-corrected chi connectivity index (χ4v) is 0.610. The van der Waals surface area contributed by atoms with E-state index in [1.807, 2.05) is 0 Å².